The number of para-hydroxylation sites is 2. The number of nitrogens with one attached hydrogen (secondary N) is 3. The highest BCUT2D eigenvalue weighted by atomic mass is 15.2. The molecule has 0 bridgehead atoms. The monoisotopic (exact) mass is 318 g/mol. The summed E-state index contributed by atoms with van der Waals surface area (Å²) in [5.41, 5.74) is 1.96. The predicted octanol–water partition coefficient (Wildman–Crippen LogP) is 2.50. The van der Waals surface area contributed by atoms with E-state index in [1.165, 1.54) is 0 Å². The van der Waals surface area contributed by atoms with Crippen molar-refractivity contribution in [2.75, 3.05) is 10.6 Å². The average Bonchev–Trinajstić information content (AvgIpc) is 3.04. The topological polar surface area (TPSA) is 104 Å². The second kappa shape index (κ2) is 6.29. The zero-order valence-corrected chi connectivity index (χ0v) is 12.6. The lowest BCUT2D eigenvalue weighted by atomic mass is 10.3. The normalized spacial score (nSPS) is 10.7. The second-order valence-corrected chi connectivity index (χ2v) is 5.02. The summed E-state index contributed by atoms with van der Waals surface area (Å²) >= 11 is 0. The van der Waals surface area contributed by atoms with Gasteiger partial charge in [0.15, 0.2) is 0 Å². The molecule has 0 saturated carbocycles. The Morgan fingerprint density at radius 3 is 2.54 bits per heavy atom. The minimum Gasteiger partial charge on any atom is -0.363 e. The zero-order valence-electron chi connectivity index (χ0n) is 12.6. The van der Waals surface area contributed by atoms with E-state index < -0.39 is 0 Å². The minimum atomic E-state index is 0.427. The number of hydrogen-bond donors (Lipinski definition) is 3. The van der Waals surface area contributed by atoms with Crippen LogP contribution in [0.3, 0.4) is 0 Å². The van der Waals surface area contributed by atoms with Gasteiger partial charge in [-0.25, -0.2) is 19.9 Å². The molecule has 0 aliphatic carbocycles. The van der Waals surface area contributed by atoms with E-state index in [-0.39, 0.29) is 0 Å². The first kappa shape index (κ1) is 14.1. The molecule has 24 heavy (non-hydrogen) atoms. The van der Waals surface area contributed by atoms with Gasteiger partial charge in [-0.05, 0) is 24.3 Å². The number of hydrogen-bond acceptors (Lipinski definition) is 7. The lowest BCUT2D eigenvalue weighted by Crippen LogP contribution is -2.06. The summed E-state index contributed by atoms with van der Waals surface area (Å²) in [5, 5.41) is 6.18. The molecular weight excluding hydrogens is 304 g/mol. The molecule has 0 spiro atoms. The fourth-order valence-corrected chi connectivity index (χ4v) is 2.24. The van der Waals surface area contributed by atoms with Crippen LogP contribution >= 0.6 is 0 Å². The van der Waals surface area contributed by atoms with E-state index in [2.05, 4.69) is 40.5 Å². The number of benzene rings is 1. The van der Waals surface area contributed by atoms with E-state index in [0.717, 1.165) is 16.9 Å². The van der Waals surface area contributed by atoms with Crippen molar-refractivity contribution in [3.63, 3.8) is 0 Å². The van der Waals surface area contributed by atoms with E-state index in [1.807, 2.05) is 24.3 Å². The van der Waals surface area contributed by atoms with Crippen molar-refractivity contribution >= 4 is 28.7 Å². The Labute approximate surface area is 137 Å². The molecule has 0 fully saturated rings. The minimum absolute atomic E-state index is 0.427. The van der Waals surface area contributed by atoms with Crippen LogP contribution in [0.2, 0.25) is 0 Å². The molecule has 118 valence electrons. The van der Waals surface area contributed by atoms with E-state index >= 15 is 0 Å². The third-order valence-corrected chi connectivity index (χ3v) is 3.32. The van der Waals surface area contributed by atoms with Crippen LogP contribution in [0.1, 0.15) is 5.82 Å². The van der Waals surface area contributed by atoms with Gasteiger partial charge in [0.25, 0.3) is 0 Å². The van der Waals surface area contributed by atoms with Crippen LogP contribution in [0.5, 0.6) is 0 Å². The Balaban J connectivity index is 1.45. The first-order valence-electron chi connectivity index (χ1n) is 7.41. The highest BCUT2D eigenvalue weighted by Crippen LogP contribution is 2.13. The smallest absolute Gasteiger partial charge is 0.231 e. The van der Waals surface area contributed by atoms with Gasteiger partial charge in [0, 0.05) is 18.6 Å². The van der Waals surface area contributed by atoms with Gasteiger partial charge in [-0.1, -0.05) is 12.1 Å². The van der Waals surface area contributed by atoms with Crippen LogP contribution in [0.4, 0.5) is 17.7 Å². The molecule has 0 aliphatic rings. The van der Waals surface area contributed by atoms with Crippen molar-refractivity contribution < 1.29 is 0 Å². The fourth-order valence-electron chi connectivity index (χ4n) is 2.24. The number of H-pyrrole nitrogens is 1. The Morgan fingerprint density at radius 1 is 0.833 bits per heavy atom. The Kier molecular flexibility index (Phi) is 3.69. The molecule has 3 N–H and O–H groups in total. The third kappa shape index (κ3) is 3.12. The Hall–Kier alpha value is -3.55. The summed E-state index contributed by atoms with van der Waals surface area (Å²) < 4.78 is 0. The fraction of sp³-hybridized carbons (Fsp3) is 0.0625. The maximum atomic E-state index is 4.52. The van der Waals surface area contributed by atoms with Crippen molar-refractivity contribution in [2.45, 2.75) is 6.54 Å². The molecule has 3 heterocycles. The highest BCUT2D eigenvalue weighted by Gasteiger charge is 2.04. The molecule has 4 aromatic rings. The van der Waals surface area contributed by atoms with Crippen molar-refractivity contribution in [1.29, 1.82) is 0 Å². The summed E-state index contributed by atoms with van der Waals surface area (Å²) in [6.07, 6.45) is 4.97. The number of anilines is 3. The molecular formula is C16H14N8. The van der Waals surface area contributed by atoms with Gasteiger partial charge in [0.1, 0.15) is 11.6 Å². The molecule has 0 atom stereocenters. The van der Waals surface area contributed by atoms with Crippen molar-refractivity contribution in [1.82, 2.24) is 29.9 Å². The van der Waals surface area contributed by atoms with Crippen LogP contribution in [0, 0.1) is 0 Å². The molecule has 0 aliphatic heterocycles. The van der Waals surface area contributed by atoms with Crippen LogP contribution < -0.4 is 10.6 Å². The summed E-state index contributed by atoms with van der Waals surface area (Å²) in [5.74, 6) is 2.40. The first-order valence-corrected chi connectivity index (χ1v) is 7.41. The van der Waals surface area contributed by atoms with Gasteiger partial charge in [-0.3, -0.25) is 5.32 Å². The van der Waals surface area contributed by atoms with E-state index in [4.69, 9.17) is 0 Å². The molecule has 8 nitrogen and oxygen atoms in total. The first-order chi connectivity index (χ1) is 11.9. The van der Waals surface area contributed by atoms with E-state index in [0.29, 0.717) is 24.3 Å². The molecule has 8 heteroatoms. The van der Waals surface area contributed by atoms with Crippen LogP contribution in [0.25, 0.3) is 11.0 Å². The average molecular weight is 318 g/mol. The number of aromatic nitrogens is 6. The maximum absolute atomic E-state index is 4.52. The molecule has 0 radical (unpaired) electrons. The summed E-state index contributed by atoms with van der Waals surface area (Å²) in [6, 6.07) is 11.5. The standard InChI is InChI=1S/C16H14N8/c1-2-5-12-11(4-1)21-14(22-12)10-20-13-6-9-19-16(23-13)24-15-17-7-3-8-18-15/h1-9H,10H2,(H,21,22)(H2,17,18,19,20,23,24). The molecule has 4 rings (SSSR count). The van der Waals surface area contributed by atoms with Crippen LogP contribution in [-0.4, -0.2) is 29.9 Å². The third-order valence-electron chi connectivity index (χ3n) is 3.32. The van der Waals surface area contributed by atoms with Gasteiger partial charge in [-0.15, -0.1) is 0 Å². The molecule has 0 unspecified atom stereocenters. The number of fused-ring (bicyclic) bond motifs is 1. The summed E-state index contributed by atoms with van der Waals surface area (Å²) in [6.45, 7) is 0.535. The van der Waals surface area contributed by atoms with Gasteiger partial charge in [0.2, 0.25) is 11.9 Å². The number of imidazole rings is 1. The molecule has 1 aromatic carbocycles. The predicted molar refractivity (Wildman–Crippen MR) is 90.8 cm³/mol. The number of rotatable bonds is 5. The van der Waals surface area contributed by atoms with Crippen LogP contribution in [-0.2, 0) is 6.54 Å². The molecule has 3 aromatic heterocycles. The number of nitrogens with zero attached hydrogens (tertiary/aromatic N) is 5. The molecule has 0 amide bonds. The van der Waals surface area contributed by atoms with Crippen LogP contribution in [0.15, 0.2) is 55.0 Å². The quantitative estimate of drug-likeness (QED) is 0.519. The van der Waals surface area contributed by atoms with Gasteiger partial charge < -0.3 is 10.3 Å². The summed E-state index contributed by atoms with van der Waals surface area (Å²) in [4.78, 5) is 24.5. The van der Waals surface area contributed by atoms with E-state index in [9.17, 15) is 0 Å². The Morgan fingerprint density at radius 2 is 1.67 bits per heavy atom. The number of aromatic amines is 1. The van der Waals surface area contributed by atoms with Crippen molar-refractivity contribution in [3.8, 4) is 0 Å². The SMILES string of the molecule is c1cnc(Nc2nccc(NCc3nc4ccccc4[nH]3)n2)nc1. The van der Waals surface area contributed by atoms with Gasteiger partial charge >= 0.3 is 0 Å². The highest BCUT2D eigenvalue weighted by molar-refractivity contribution is 5.74. The van der Waals surface area contributed by atoms with E-state index in [1.54, 1.807) is 30.7 Å². The zero-order chi connectivity index (χ0) is 16.2. The van der Waals surface area contributed by atoms with Gasteiger partial charge in [0.05, 0.1) is 17.6 Å². The lowest BCUT2D eigenvalue weighted by Gasteiger charge is -2.06. The second-order valence-electron chi connectivity index (χ2n) is 5.02. The molecule has 0 saturated heterocycles. The Bertz CT molecular complexity index is 917. The largest absolute Gasteiger partial charge is 0.363 e. The van der Waals surface area contributed by atoms with Gasteiger partial charge in [-0.2, -0.15) is 4.98 Å². The van der Waals surface area contributed by atoms with Crippen molar-refractivity contribution in [2.24, 2.45) is 0 Å². The maximum Gasteiger partial charge on any atom is 0.231 e. The summed E-state index contributed by atoms with van der Waals surface area (Å²) in [7, 11) is 0. The van der Waals surface area contributed by atoms with Crippen molar-refractivity contribution in [3.05, 3.63) is 60.8 Å². The lowest BCUT2D eigenvalue weighted by molar-refractivity contribution is 0.991.